The van der Waals surface area contributed by atoms with Gasteiger partial charge in [-0.3, -0.25) is 9.69 Å². The Balaban J connectivity index is 0.00000225. The van der Waals surface area contributed by atoms with E-state index in [0.717, 1.165) is 38.2 Å². The fourth-order valence-electron chi connectivity index (χ4n) is 3.20. The number of fused-ring (bicyclic) bond motifs is 1. The number of ether oxygens (including phenoxy) is 2. The van der Waals surface area contributed by atoms with E-state index in [1.54, 1.807) is 0 Å². The second-order valence-electron chi connectivity index (χ2n) is 6.23. The normalized spacial score (nSPS) is 15.6. The van der Waals surface area contributed by atoms with Crippen molar-refractivity contribution in [3.63, 3.8) is 0 Å². The van der Waals surface area contributed by atoms with Crippen LogP contribution in [0.25, 0.3) is 10.8 Å². The number of nitrogens with zero attached hydrogens (tertiary/aromatic N) is 1. The summed E-state index contributed by atoms with van der Waals surface area (Å²) in [7, 11) is 0. The molecule has 1 saturated heterocycles. The number of carbonyl (C=O) groups is 1. The highest BCUT2D eigenvalue weighted by Crippen LogP contribution is 2.21. The van der Waals surface area contributed by atoms with Crippen molar-refractivity contribution in [3.05, 3.63) is 42.5 Å². The lowest BCUT2D eigenvalue weighted by Crippen LogP contribution is -2.39. The molecule has 2 aromatic rings. The Kier molecular flexibility index (Phi) is 7.53. The van der Waals surface area contributed by atoms with Gasteiger partial charge < -0.3 is 9.47 Å². The molecule has 0 amide bonds. The molecule has 0 aromatic heterocycles. The third-order valence-electron chi connectivity index (χ3n) is 4.60. The third kappa shape index (κ3) is 5.35. The first-order chi connectivity index (χ1) is 11.8. The van der Waals surface area contributed by atoms with Crippen LogP contribution in [0.4, 0.5) is 0 Å². The van der Waals surface area contributed by atoms with Crippen molar-refractivity contribution < 1.29 is 14.3 Å². The Morgan fingerprint density at radius 1 is 1.12 bits per heavy atom. The molecule has 0 radical (unpaired) electrons. The van der Waals surface area contributed by atoms with Crippen molar-refractivity contribution in [2.75, 3.05) is 32.8 Å². The first-order valence-electron chi connectivity index (χ1n) is 8.77. The maximum absolute atomic E-state index is 11.7. The van der Waals surface area contributed by atoms with E-state index in [4.69, 9.17) is 9.47 Å². The maximum atomic E-state index is 11.7. The molecule has 5 heteroatoms. The van der Waals surface area contributed by atoms with E-state index in [2.05, 4.69) is 29.2 Å². The van der Waals surface area contributed by atoms with Crippen LogP contribution in [0, 0.1) is 5.92 Å². The number of carbonyl (C=O) groups excluding carboxylic acids is 1. The van der Waals surface area contributed by atoms with Gasteiger partial charge in [-0.2, -0.15) is 0 Å². The zero-order chi connectivity index (χ0) is 16.8. The lowest BCUT2D eigenvalue weighted by molar-refractivity contribution is -0.149. The van der Waals surface area contributed by atoms with Gasteiger partial charge in [0.15, 0.2) is 0 Å². The first kappa shape index (κ1) is 19.5. The highest BCUT2D eigenvalue weighted by Gasteiger charge is 2.25. The average Bonchev–Trinajstić information content (AvgIpc) is 2.62. The molecule has 1 aliphatic heterocycles. The van der Waals surface area contributed by atoms with Gasteiger partial charge in [-0.25, -0.2) is 0 Å². The molecule has 0 aliphatic carbocycles. The van der Waals surface area contributed by atoms with Crippen LogP contribution >= 0.6 is 12.4 Å². The topological polar surface area (TPSA) is 38.8 Å². The van der Waals surface area contributed by atoms with Crippen LogP contribution in [-0.4, -0.2) is 43.7 Å². The predicted molar refractivity (Wildman–Crippen MR) is 102 cm³/mol. The van der Waals surface area contributed by atoms with E-state index in [-0.39, 0.29) is 24.3 Å². The van der Waals surface area contributed by atoms with Crippen LogP contribution < -0.4 is 4.74 Å². The van der Waals surface area contributed by atoms with Gasteiger partial charge in [0, 0.05) is 6.54 Å². The van der Waals surface area contributed by atoms with E-state index in [9.17, 15) is 4.79 Å². The summed E-state index contributed by atoms with van der Waals surface area (Å²) in [5.74, 6) is 0.947. The summed E-state index contributed by atoms with van der Waals surface area (Å²) in [6.45, 7) is 5.76. The van der Waals surface area contributed by atoms with Crippen molar-refractivity contribution in [3.8, 4) is 5.75 Å². The van der Waals surface area contributed by atoms with Gasteiger partial charge in [-0.1, -0.05) is 30.3 Å². The predicted octanol–water partition coefficient (Wildman–Crippen LogP) is 3.92. The Morgan fingerprint density at radius 2 is 1.84 bits per heavy atom. The van der Waals surface area contributed by atoms with Gasteiger partial charge in [-0.15, -0.1) is 12.4 Å². The quantitative estimate of drug-likeness (QED) is 0.729. The average molecular weight is 364 g/mol. The molecule has 136 valence electrons. The first-order valence-corrected chi connectivity index (χ1v) is 8.77. The summed E-state index contributed by atoms with van der Waals surface area (Å²) in [5, 5.41) is 2.43. The maximum Gasteiger partial charge on any atom is 0.309 e. The van der Waals surface area contributed by atoms with Crippen LogP contribution in [-0.2, 0) is 9.53 Å². The number of piperidine rings is 1. The lowest BCUT2D eigenvalue weighted by atomic mass is 9.97. The van der Waals surface area contributed by atoms with Crippen LogP contribution in [0.2, 0.25) is 0 Å². The molecule has 1 heterocycles. The third-order valence-corrected chi connectivity index (χ3v) is 4.60. The molecule has 4 nitrogen and oxygen atoms in total. The van der Waals surface area contributed by atoms with Crippen molar-refractivity contribution in [1.29, 1.82) is 0 Å². The van der Waals surface area contributed by atoms with Gasteiger partial charge in [0.2, 0.25) is 0 Å². The number of halogens is 1. The fraction of sp³-hybridized carbons (Fsp3) is 0.450. The number of likely N-dealkylation sites (tertiary alicyclic amines) is 1. The van der Waals surface area contributed by atoms with Crippen molar-refractivity contribution in [2.45, 2.75) is 19.8 Å². The van der Waals surface area contributed by atoms with E-state index in [1.807, 2.05) is 25.1 Å². The number of rotatable bonds is 6. The molecule has 3 rings (SSSR count). The van der Waals surface area contributed by atoms with Gasteiger partial charge in [0.25, 0.3) is 0 Å². The van der Waals surface area contributed by atoms with Crippen LogP contribution in [0.3, 0.4) is 0 Å². The van der Waals surface area contributed by atoms with E-state index in [0.29, 0.717) is 13.2 Å². The highest BCUT2D eigenvalue weighted by molar-refractivity contribution is 5.85. The summed E-state index contributed by atoms with van der Waals surface area (Å²) in [6, 6.07) is 14.5. The van der Waals surface area contributed by atoms with Crippen molar-refractivity contribution in [2.24, 2.45) is 5.92 Å². The monoisotopic (exact) mass is 363 g/mol. The fourth-order valence-corrected chi connectivity index (χ4v) is 3.20. The largest absolute Gasteiger partial charge is 0.492 e. The number of hydrogen-bond donors (Lipinski definition) is 0. The Hall–Kier alpha value is -1.78. The molecule has 0 unspecified atom stereocenters. The summed E-state index contributed by atoms with van der Waals surface area (Å²) >= 11 is 0. The molecule has 0 saturated carbocycles. The van der Waals surface area contributed by atoms with Gasteiger partial charge in [0.1, 0.15) is 12.4 Å². The van der Waals surface area contributed by atoms with Crippen molar-refractivity contribution >= 4 is 29.1 Å². The molecule has 0 spiro atoms. The highest BCUT2D eigenvalue weighted by atomic mass is 35.5. The summed E-state index contributed by atoms with van der Waals surface area (Å²) in [5.41, 5.74) is 0. The Morgan fingerprint density at radius 3 is 2.56 bits per heavy atom. The number of benzene rings is 2. The minimum Gasteiger partial charge on any atom is -0.492 e. The van der Waals surface area contributed by atoms with Gasteiger partial charge in [-0.05, 0) is 55.8 Å². The Labute approximate surface area is 155 Å². The zero-order valence-electron chi connectivity index (χ0n) is 14.6. The number of esters is 1. The van der Waals surface area contributed by atoms with Crippen LogP contribution in [0.5, 0.6) is 5.75 Å². The molecular formula is C20H26ClNO3. The van der Waals surface area contributed by atoms with Crippen molar-refractivity contribution in [1.82, 2.24) is 4.90 Å². The second-order valence-corrected chi connectivity index (χ2v) is 6.23. The second kappa shape index (κ2) is 9.64. The van der Waals surface area contributed by atoms with E-state index in [1.165, 1.54) is 10.8 Å². The van der Waals surface area contributed by atoms with Crippen LogP contribution in [0.15, 0.2) is 42.5 Å². The van der Waals surface area contributed by atoms with Gasteiger partial charge in [0.05, 0.1) is 12.5 Å². The smallest absolute Gasteiger partial charge is 0.309 e. The van der Waals surface area contributed by atoms with Crippen LogP contribution in [0.1, 0.15) is 19.8 Å². The standard InChI is InChI=1S/C20H25NO3.ClH/c1-2-23-20(22)17-9-11-21(12-10-17)13-14-24-19-8-7-16-5-3-4-6-18(16)15-19;/h3-8,15,17H,2,9-14H2,1H3;1H. The van der Waals surface area contributed by atoms with Gasteiger partial charge >= 0.3 is 5.97 Å². The molecule has 1 fully saturated rings. The zero-order valence-corrected chi connectivity index (χ0v) is 15.5. The minimum atomic E-state index is -0.0374. The molecule has 0 N–H and O–H groups in total. The summed E-state index contributed by atoms with van der Waals surface area (Å²) < 4.78 is 11.0. The SMILES string of the molecule is CCOC(=O)C1CCN(CCOc2ccc3ccccc3c2)CC1.Cl. The molecule has 0 atom stereocenters. The summed E-state index contributed by atoms with van der Waals surface area (Å²) in [4.78, 5) is 14.1. The molecule has 0 bridgehead atoms. The van der Waals surface area contributed by atoms with E-state index < -0.39 is 0 Å². The lowest BCUT2D eigenvalue weighted by Gasteiger charge is -2.30. The molecule has 25 heavy (non-hydrogen) atoms. The minimum absolute atomic E-state index is 0. The molecule has 1 aliphatic rings. The Bertz CT molecular complexity index is 683. The molecular weight excluding hydrogens is 338 g/mol. The summed E-state index contributed by atoms with van der Waals surface area (Å²) in [6.07, 6.45) is 1.77. The number of hydrogen-bond acceptors (Lipinski definition) is 4. The molecule has 2 aromatic carbocycles. The van der Waals surface area contributed by atoms with E-state index >= 15 is 0 Å².